The molecular weight excluding hydrogens is 340 g/mol. The maximum atomic E-state index is 12.9. The van der Waals surface area contributed by atoms with E-state index in [0.717, 1.165) is 12.8 Å². The molecule has 4 rings (SSSR count). The molecule has 4 N–H and O–H groups in total. The lowest BCUT2D eigenvalue weighted by Crippen LogP contribution is -2.31. The highest BCUT2D eigenvalue weighted by molar-refractivity contribution is 5.89. The first-order valence-electron chi connectivity index (χ1n) is 8.31. The Hall–Kier alpha value is -2.81. The molecule has 1 saturated carbocycles. The lowest BCUT2D eigenvalue weighted by atomic mass is 10.2. The number of anilines is 3. The smallest absolute Gasteiger partial charge is 0.263 e. The van der Waals surface area contributed by atoms with E-state index < -0.39 is 6.43 Å². The van der Waals surface area contributed by atoms with E-state index in [-0.39, 0.29) is 11.1 Å². The minimum Gasteiger partial charge on any atom is -0.352 e. The number of nitrogens with zero attached hydrogens (tertiary/aromatic N) is 4. The number of aryl methyl sites for hydroxylation is 1. The Kier molecular flexibility index (Phi) is 3.95. The Morgan fingerprint density at radius 3 is 2.85 bits per heavy atom. The minimum absolute atomic E-state index is 0.0522. The van der Waals surface area contributed by atoms with Crippen LogP contribution < -0.4 is 16.4 Å². The molecule has 0 saturated heterocycles. The number of hydrogen-bond acceptors (Lipinski definition) is 6. The van der Waals surface area contributed by atoms with Crippen LogP contribution in [0.4, 0.5) is 26.2 Å². The summed E-state index contributed by atoms with van der Waals surface area (Å²) in [5.41, 5.74) is 7.02. The van der Waals surface area contributed by atoms with Crippen LogP contribution in [0, 0.1) is 0 Å². The van der Waals surface area contributed by atoms with Crippen molar-refractivity contribution in [3.63, 3.8) is 0 Å². The number of rotatable bonds is 6. The van der Waals surface area contributed by atoms with Crippen LogP contribution in [0.25, 0.3) is 11.0 Å². The van der Waals surface area contributed by atoms with Crippen molar-refractivity contribution in [3.05, 3.63) is 36.0 Å². The molecule has 136 valence electrons. The Bertz CT molecular complexity index is 949. The molecule has 1 aliphatic rings. The number of nitrogens with one attached hydrogen (secondary N) is 2. The molecule has 1 fully saturated rings. The normalized spacial score (nSPS) is 15.4. The Balaban J connectivity index is 1.67. The van der Waals surface area contributed by atoms with Gasteiger partial charge in [0.15, 0.2) is 5.65 Å². The molecule has 26 heavy (non-hydrogen) atoms. The van der Waals surface area contributed by atoms with Gasteiger partial charge in [-0.15, -0.1) is 0 Å². The predicted octanol–water partition coefficient (Wildman–Crippen LogP) is 2.95. The average molecular weight is 359 g/mol. The van der Waals surface area contributed by atoms with Gasteiger partial charge in [0, 0.05) is 30.4 Å². The molecule has 1 aromatic carbocycles. The standard InChI is InChI=1S/C17H19F2N7/c1-26-15-12(8-22-26)14(23-11-4-2-3-10(7-11)13(18)19)24-16(25-15)21-9-17(20)5-6-17/h2-4,7-8,13H,5-6,9,20H2,1H3,(H2,21,23,24,25). The van der Waals surface area contributed by atoms with Gasteiger partial charge in [-0.05, 0) is 25.0 Å². The van der Waals surface area contributed by atoms with Crippen molar-refractivity contribution in [1.82, 2.24) is 19.7 Å². The van der Waals surface area contributed by atoms with Crippen LogP contribution in [0.2, 0.25) is 0 Å². The lowest BCUT2D eigenvalue weighted by Gasteiger charge is -2.13. The molecule has 0 unspecified atom stereocenters. The molecule has 0 bridgehead atoms. The first-order valence-corrected chi connectivity index (χ1v) is 8.31. The molecule has 0 amide bonds. The molecule has 2 aromatic heterocycles. The monoisotopic (exact) mass is 359 g/mol. The van der Waals surface area contributed by atoms with Crippen LogP contribution in [0.1, 0.15) is 24.8 Å². The number of alkyl halides is 2. The third-order valence-electron chi connectivity index (χ3n) is 4.48. The van der Waals surface area contributed by atoms with Gasteiger partial charge in [-0.2, -0.15) is 15.1 Å². The minimum atomic E-state index is -2.53. The number of halogens is 2. The zero-order valence-electron chi connectivity index (χ0n) is 14.2. The van der Waals surface area contributed by atoms with Gasteiger partial charge in [0.2, 0.25) is 5.95 Å². The summed E-state index contributed by atoms with van der Waals surface area (Å²) in [5, 5.41) is 11.2. The largest absolute Gasteiger partial charge is 0.352 e. The van der Waals surface area contributed by atoms with Crippen LogP contribution >= 0.6 is 0 Å². The highest BCUT2D eigenvalue weighted by Gasteiger charge is 2.38. The van der Waals surface area contributed by atoms with Crippen molar-refractivity contribution in [1.29, 1.82) is 0 Å². The first kappa shape index (κ1) is 16.6. The molecule has 3 aromatic rings. The highest BCUT2D eigenvalue weighted by Crippen LogP contribution is 2.32. The Morgan fingerprint density at radius 2 is 2.12 bits per heavy atom. The number of hydrogen-bond donors (Lipinski definition) is 3. The van der Waals surface area contributed by atoms with Crippen molar-refractivity contribution >= 4 is 28.5 Å². The van der Waals surface area contributed by atoms with Gasteiger partial charge in [-0.3, -0.25) is 4.68 Å². The van der Waals surface area contributed by atoms with E-state index in [1.807, 2.05) is 0 Å². The molecule has 0 aliphatic heterocycles. The quantitative estimate of drug-likeness (QED) is 0.626. The summed E-state index contributed by atoms with van der Waals surface area (Å²) in [7, 11) is 1.78. The zero-order chi connectivity index (χ0) is 18.3. The number of aromatic nitrogens is 4. The second-order valence-electron chi connectivity index (χ2n) is 6.67. The summed E-state index contributed by atoms with van der Waals surface area (Å²) in [6.45, 7) is 0.580. The highest BCUT2D eigenvalue weighted by atomic mass is 19.3. The van der Waals surface area contributed by atoms with Crippen LogP contribution in [0.15, 0.2) is 30.5 Å². The summed E-state index contributed by atoms with van der Waals surface area (Å²) in [4.78, 5) is 8.96. The van der Waals surface area contributed by atoms with Crippen molar-refractivity contribution in [2.45, 2.75) is 24.8 Å². The van der Waals surface area contributed by atoms with Crippen molar-refractivity contribution in [2.24, 2.45) is 12.8 Å². The van der Waals surface area contributed by atoms with Crippen LogP contribution in [0.5, 0.6) is 0 Å². The first-order chi connectivity index (χ1) is 12.4. The van der Waals surface area contributed by atoms with Gasteiger partial charge >= 0.3 is 0 Å². The van der Waals surface area contributed by atoms with Gasteiger partial charge in [-0.25, -0.2) is 8.78 Å². The molecule has 0 spiro atoms. The molecular formula is C17H19F2N7. The molecule has 7 nitrogen and oxygen atoms in total. The fourth-order valence-electron chi connectivity index (χ4n) is 2.68. The average Bonchev–Trinajstić information content (AvgIpc) is 3.25. The summed E-state index contributed by atoms with van der Waals surface area (Å²) in [6, 6.07) is 6.08. The van der Waals surface area contributed by atoms with E-state index in [4.69, 9.17) is 5.73 Å². The van der Waals surface area contributed by atoms with Crippen LogP contribution in [0.3, 0.4) is 0 Å². The molecule has 2 heterocycles. The summed E-state index contributed by atoms with van der Waals surface area (Å²) < 4.78 is 27.5. The number of benzene rings is 1. The Morgan fingerprint density at radius 1 is 1.31 bits per heavy atom. The van der Waals surface area contributed by atoms with E-state index in [9.17, 15) is 8.78 Å². The van der Waals surface area contributed by atoms with Crippen LogP contribution in [-0.2, 0) is 7.05 Å². The second-order valence-corrected chi connectivity index (χ2v) is 6.67. The van der Waals surface area contributed by atoms with Crippen molar-refractivity contribution in [3.8, 4) is 0 Å². The topological polar surface area (TPSA) is 93.7 Å². The summed E-state index contributed by atoms with van der Waals surface area (Å²) in [6.07, 6.45) is 1.06. The molecule has 0 radical (unpaired) electrons. The van der Waals surface area contributed by atoms with E-state index >= 15 is 0 Å². The zero-order valence-corrected chi connectivity index (χ0v) is 14.2. The maximum absolute atomic E-state index is 12.9. The van der Waals surface area contributed by atoms with Gasteiger partial charge in [0.05, 0.1) is 11.6 Å². The summed E-state index contributed by atoms with van der Waals surface area (Å²) >= 11 is 0. The molecule has 0 atom stereocenters. The summed E-state index contributed by atoms with van der Waals surface area (Å²) in [5.74, 6) is 0.921. The fourth-order valence-corrected chi connectivity index (χ4v) is 2.68. The molecule has 1 aliphatic carbocycles. The Labute approximate surface area is 148 Å². The number of nitrogens with two attached hydrogens (primary N) is 1. The molecule has 9 heteroatoms. The van der Waals surface area contributed by atoms with E-state index in [1.165, 1.54) is 12.1 Å². The van der Waals surface area contributed by atoms with Gasteiger partial charge < -0.3 is 16.4 Å². The fraction of sp³-hybridized carbons (Fsp3) is 0.353. The lowest BCUT2D eigenvalue weighted by molar-refractivity contribution is 0.151. The predicted molar refractivity (Wildman–Crippen MR) is 95.6 cm³/mol. The van der Waals surface area contributed by atoms with E-state index in [2.05, 4.69) is 25.7 Å². The van der Waals surface area contributed by atoms with Gasteiger partial charge in [-0.1, -0.05) is 12.1 Å². The second kappa shape index (κ2) is 6.17. The third kappa shape index (κ3) is 3.30. The van der Waals surface area contributed by atoms with E-state index in [1.54, 1.807) is 30.1 Å². The SMILES string of the molecule is Cn1ncc2c(Nc3cccc(C(F)F)c3)nc(NCC3(N)CC3)nc21. The van der Waals surface area contributed by atoms with Crippen molar-refractivity contribution < 1.29 is 8.78 Å². The third-order valence-corrected chi connectivity index (χ3v) is 4.48. The van der Waals surface area contributed by atoms with Crippen molar-refractivity contribution in [2.75, 3.05) is 17.2 Å². The van der Waals surface area contributed by atoms with Crippen LogP contribution in [-0.4, -0.2) is 31.8 Å². The van der Waals surface area contributed by atoms with E-state index in [0.29, 0.717) is 35.0 Å². The van der Waals surface area contributed by atoms with Gasteiger partial charge in [0.1, 0.15) is 5.82 Å². The number of fused-ring (bicyclic) bond motifs is 1. The maximum Gasteiger partial charge on any atom is 0.263 e. The van der Waals surface area contributed by atoms with Gasteiger partial charge in [0.25, 0.3) is 6.43 Å².